The van der Waals surface area contributed by atoms with Gasteiger partial charge < -0.3 is 10.6 Å². The topological polar surface area (TPSA) is 92.3 Å². The van der Waals surface area contributed by atoms with Crippen LogP contribution in [0.15, 0.2) is 54.6 Å². The number of nitrogens with one attached hydrogen (secondary N) is 2. The highest BCUT2D eigenvalue weighted by Crippen LogP contribution is 2.15. The molecule has 0 aliphatic carbocycles. The fourth-order valence-corrected chi connectivity index (χ4v) is 3.82. The highest BCUT2D eigenvalue weighted by atomic mass is 32.2. The highest BCUT2D eigenvalue weighted by molar-refractivity contribution is 7.92. The van der Waals surface area contributed by atoms with Gasteiger partial charge in [0.2, 0.25) is 5.91 Å². The van der Waals surface area contributed by atoms with Crippen LogP contribution in [0.4, 0.5) is 5.69 Å². The molecular weight excluding hydrogens is 376 g/mol. The van der Waals surface area contributed by atoms with Gasteiger partial charge in [-0.1, -0.05) is 48.4 Å². The first-order chi connectivity index (χ1) is 13.4. The standard InChI is InChI=1S/C21H22N2O4S/c1-2-14-22-21(25)18-12-6-7-13-19(18)23-20(24)16-28(26,27)15-8-11-17-9-4-3-5-10-17/h1,3-7,9-10,12-13H,8,11,14-16H2,(H,22,25)(H,23,24). The predicted molar refractivity (Wildman–Crippen MR) is 110 cm³/mol. The second-order valence-electron chi connectivity index (χ2n) is 6.16. The van der Waals surface area contributed by atoms with Crippen molar-refractivity contribution in [3.8, 4) is 12.3 Å². The fraction of sp³-hybridized carbons (Fsp3) is 0.238. The summed E-state index contributed by atoms with van der Waals surface area (Å²) < 4.78 is 24.4. The summed E-state index contributed by atoms with van der Waals surface area (Å²) >= 11 is 0. The SMILES string of the molecule is C#CCNC(=O)c1ccccc1NC(=O)CS(=O)(=O)CCCc1ccccc1. The molecule has 6 nitrogen and oxygen atoms in total. The molecule has 0 aliphatic heterocycles. The van der Waals surface area contributed by atoms with Gasteiger partial charge >= 0.3 is 0 Å². The number of aryl methyl sites for hydroxylation is 1. The van der Waals surface area contributed by atoms with Gasteiger partial charge in [0.25, 0.3) is 5.91 Å². The third-order valence-corrected chi connectivity index (χ3v) is 5.52. The summed E-state index contributed by atoms with van der Waals surface area (Å²) in [4.78, 5) is 24.3. The second-order valence-corrected chi connectivity index (χ2v) is 8.35. The number of para-hydroxylation sites is 1. The van der Waals surface area contributed by atoms with Crippen LogP contribution >= 0.6 is 0 Å². The number of carbonyl (C=O) groups excluding carboxylic acids is 2. The van der Waals surface area contributed by atoms with Crippen LogP contribution in [0.3, 0.4) is 0 Å². The number of amides is 2. The second kappa shape index (κ2) is 10.3. The summed E-state index contributed by atoms with van der Waals surface area (Å²) in [5.41, 5.74) is 1.50. The quantitative estimate of drug-likeness (QED) is 0.632. The molecule has 0 aliphatic rings. The monoisotopic (exact) mass is 398 g/mol. The molecule has 0 heterocycles. The van der Waals surface area contributed by atoms with E-state index in [4.69, 9.17) is 6.42 Å². The Hall–Kier alpha value is -3.11. The Bertz CT molecular complexity index is 963. The van der Waals surface area contributed by atoms with E-state index in [1.54, 1.807) is 12.1 Å². The third kappa shape index (κ3) is 6.89. The first-order valence-corrected chi connectivity index (χ1v) is 10.6. The minimum atomic E-state index is -3.56. The molecule has 0 unspecified atom stereocenters. The molecule has 0 fully saturated rings. The molecule has 146 valence electrons. The average molecular weight is 398 g/mol. The van der Waals surface area contributed by atoms with Crippen LogP contribution in [0.2, 0.25) is 0 Å². The van der Waals surface area contributed by atoms with E-state index in [0.29, 0.717) is 12.8 Å². The largest absolute Gasteiger partial charge is 0.341 e. The van der Waals surface area contributed by atoms with Crippen molar-refractivity contribution < 1.29 is 18.0 Å². The highest BCUT2D eigenvalue weighted by Gasteiger charge is 2.18. The van der Waals surface area contributed by atoms with E-state index in [2.05, 4.69) is 16.6 Å². The number of hydrogen-bond donors (Lipinski definition) is 2. The van der Waals surface area contributed by atoms with Gasteiger partial charge in [-0.2, -0.15) is 0 Å². The zero-order chi connectivity index (χ0) is 20.4. The van der Waals surface area contributed by atoms with Gasteiger partial charge in [-0.3, -0.25) is 9.59 Å². The number of anilines is 1. The number of terminal acetylenes is 1. The summed E-state index contributed by atoms with van der Waals surface area (Å²) in [5, 5.41) is 5.01. The van der Waals surface area contributed by atoms with Crippen molar-refractivity contribution in [2.75, 3.05) is 23.4 Å². The normalized spacial score (nSPS) is 10.7. The van der Waals surface area contributed by atoms with E-state index in [1.807, 2.05) is 30.3 Å². The van der Waals surface area contributed by atoms with Crippen molar-refractivity contribution in [3.63, 3.8) is 0 Å². The Balaban J connectivity index is 1.92. The van der Waals surface area contributed by atoms with Gasteiger partial charge in [-0.25, -0.2) is 8.42 Å². The maximum absolute atomic E-state index is 12.2. The lowest BCUT2D eigenvalue weighted by Gasteiger charge is -2.11. The number of benzene rings is 2. The zero-order valence-corrected chi connectivity index (χ0v) is 16.2. The van der Waals surface area contributed by atoms with Crippen molar-refractivity contribution >= 4 is 27.3 Å². The predicted octanol–water partition coefficient (Wildman–Crippen LogP) is 2.04. The van der Waals surface area contributed by atoms with Crippen molar-refractivity contribution in [1.29, 1.82) is 0 Å². The molecule has 0 radical (unpaired) electrons. The molecule has 2 aromatic rings. The molecule has 0 aromatic heterocycles. The van der Waals surface area contributed by atoms with E-state index in [9.17, 15) is 18.0 Å². The molecule has 0 bridgehead atoms. The smallest absolute Gasteiger partial charge is 0.254 e. The van der Waals surface area contributed by atoms with E-state index < -0.39 is 27.4 Å². The summed E-state index contributed by atoms with van der Waals surface area (Å²) in [6.45, 7) is 0.0525. The Morgan fingerprint density at radius 2 is 1.68 bits per heavy atom. The maximum Gasteiger partial charge on any atom is 0.254 e. The molecule has 2 rings (SSSR count). The van der Waals surface area contributed by atoms with E-state index >= 15 is 0 Å². The zero-order valence-electron chi connectivity index (χ0n) is 15.4. The average Bonchev–Trinajstić information content (AvgIpc) is 2.66. The minimum Gasteiger partial charge on any atom is -0.341 e. The summed E-state index contributed by atoms with van der Waals surface area (Å²) in [5.74, 6) is 0.444. The number of carbonyl (C=O) groups is 2. The van der Waals surface area contributed by atoms with Gasteiger partial charge in [-0.05, 0) is 30.5 Å². The lowest BCUT2D eigenvalue weighted by atomic mass is 10.1. The molecule has 0 saturated heterocycles. The minimum absolute atomic E-state index is 0.0525. The molecular formula is C21H22N2O4S. The molecule has 28 heavy (non-hydrogen) atoms. The maximum atomic E-state index is 12.2. The number of hydrogen-bond acceptors (Lipinski definition) is 4. The van der Waals surface area contributed by atoms with Crippen LogP contribution in [0.25, 0.3) is 0 Å². The van der Waals surface area contributed by atoms with E-state index in [1.165, 1.54) is 12.1 Å². The van der Waals surface area contributed by atoms with Crippen molar-refractivity contribution in [2.24, 2.45) is 0 Å². The Labute approximate surface area is 165 Å². The molecule has 0 atom stereocenters. The fourth-order valence-electron chi connectivity index (χ4n) is 2.62. The van der Waals surface area contributed by atoms with Gasteiger partial charge in [0.15, 0.2) is 9.84 Å². The molecule has 7 heteroatoms. The Morgan fingerprint density at radius 1 is 1.00 bits per heavy atom. The first-order valence-electron chi connectivity index (χ1n) is 8.76. The lowest BCUT2D eigenvalue weighted by molar-refractivity contribution is -0.113. The Kier molecular flexibility index (Phi) is 7.78. The van der Waals surface area contributed by atoms with Gasteiger partial charge in [0.1, 0.15) is 5.75 Å². The third-order valence-electron chi connectivity index (χ3n) is 3.91. The first kappa shape index (κ1) is 21.2. The molecule has 0 spiro atoms. The number of sulfone groups is 1. The molecule has 2 aromatic carbocycles. The van der Waals surface area contributed by atoms with E-state index in [0.717, 1.165) is 5.56 Å². The summed E-state index contributed by atoms with van der Waals surface area (Å²) in [7, 11) is -3.56. The van der Waals surface area contributed by atoms with Crippen LogP contribution < -0.4 is 10.6 Å². The molecule has 2 N–H and O–H groups in total. The van der Waals surface area contributed by atoms with Crippen LogP contribution in [0, 0.1) is 12.3 Å². The number of rotatable bonds is 9. The van der Waals surface area contributed by atoms with Crippen LogP contribution in [0.1, 0.15) is 22.3 Å². The van der Waals surface area contributed by atoms with Gasteiger partial charge in [-0.15, -0.1) is 6.42 Å². The van der Waals surface area contributed by atoms with Gasteiger partial charge in [0.05, 0.1) is 23.5 Å². The molecule has 2 amide bonds. The summed E-state index contributed by atoms with van der Waals surface area (Å²) in [6.07, 6.45) is 6.18. The van der Waals surface area contributed by atoms with Crippen LogP contribution in [-0.2, 0) is 21.1 Å². The van der Waals surface area contributed by atoms with Crippen molar-refractivity contribution in [1.82, 2.24) is 5.32 Å². The van der Waals surface area contributed by atoms with Crippen LogP contribution in [-0.4, -0.2) is 38.3 Å². The van der Waals surface area contributed by atoms with Crippen molar-refractivity contribution in [3.05, 3.63) is 65.7 Å². The molecule has 0 saturated carbocycles. The van der Waals surface area contributed by atoms with Gasteiger partial charge in [0, 0.05) is 0 Å². The lowest BCUT2D eigenvalue weighted by Crippen LogP contribution is -2.28. The Morgan fingerprint density at radius 3 is 2.39 bits per heavy atom. The van der Waals surface area contributed by atoms with Crippen molar-refractivity contribution in [2.45, 2.75) is 12.8 Å². The van der Waals surface area contributed by atoms with Crippen LogP contribution in [0.5, 0.6) is 0 Å². The summed E-state index contributed by atoms with van der Waals surface area (Å²) in [6, 6.07) is 15.9. The van der Waals surface area contributed by atoms with E-state index in [-0.39, 0.29) is 23.5 Å².